The number of benzene rings is 10. The lowest BCUT2D eigenvalue weighted by atomic mass is 9.83. The van der Waals surface area contributed by atoms with Crippen molar-refractivity contribution in [2.75, 3.05) is 9.80 Å². The number of hydrogen-bond donors (Lipinski definition) is 0. The van der Waals surface area contributed by atoms with Crippen LogP contribution >= 0.6 is 0 Å². The Kier molecular flexibility index (Phi) is 9.99. The van der Waals surface area contributed by atoms with E-state index in [1.165, 1.54) is 86.1 Å². The zero-order valence-corrected chi connectivity index (χ0v) is 40.8. The summed E-state index contributed by atoms with van der Waals surface area (Å²) in [6, 6.07) is 70.7. The zero-order chi connectivity index (χ0) is 48.0. The zero-order valence-electron chi connectivity index (χ0n) is 40.8. The molecule has 13 aromatic rings. The third-order valence-electron chi connectivity index (χ3n) is 16.5. The number of fused-ring (bicyclic) bond motifs is 11. The van der Waals surface area contributed by atoms with Crippen molar-refractivity contribution in [1.82, 2.24) is 0 Å². The number of rotatable bonds is 8. The van der Waals surface area contributed by atoms with Gasteiger partial charge in [-0.3, -0.25) is 0 Å². The molecule has 5 nitrogen and oxygen atoms in total. The SMILES string of the molecule is c1ccc(N(c2ccc3cc4c(cc3c2)oc2cc3cc(N(c5ccccc5)c5cccc6c5oc5c(C7CCCCC7)cccc56)ccc3cc24)c2cccc3c2oc2c(C4CCCCC4)cccc23)cc1. The quantitative estimate of drug-likeness (QED) is 0.152. The summed E-state index contributed by atoms with van der Waals surface area (Å²) < 4.78 is 21.0. The average Bonchev–Trinajstić information content (AvgIpc) is 4.14. The first-order valence-electron chi connectivity index (χ1n) is 26.6. The molecule has 2 aliphatic rings. The molecule has 0 spiro atoms. The maximum atomic E-state index is 7.06. The van der Waals surface area contributed by atoms with E-state index in [0.717, 1.165) is 111 Å². The maximum Gasteiger partial charge on any atom is 0.159 e. The van der Waals surface area contributed by atoms with Crippen molar-refractivity contribution in [2.24, 2.45) is 0 Å². The summed E-state index contributed by atoms with van der Waals surface area (Å²) in [4.78, 5) is 4.69. The van der Waals surface area contributed by atoms with Crippen LogP contribution in [0.4, 0.5) is 34.1 Å². The van der Waals surface area contributed by atoms with E-state index in [2.05, 4.69) is 204 Å². The van der Waals surface area contributed by atoms with E-state index in [1.54, 1.807) is 0 Å². The first-order valence-corrected chi connectivity index (χ1v) is 26.6. The minimum atomic E-state index is 0.540. The Labute approximate surface area is 423 Å². The van der Waals surface area contributed by atoms with E-state index in [1.807, 2.05) is 0 Å². The largest absolute Gasteiger partial charge is 0.456 e. The molecule has 0 bridgehead atoms. The van der Waals surface area contributed by atoms with Crippen LogP contribution in [0.15, 0.2) is 207 Å². The fraction of sp³-hybridized carbons (Fsp3) is 0.176. The number of furan rings is 3. The van der Waals surface area contributed by atoms with Gasteiger partial charge in [0.15, 0.2) is 11.2 Å². The van der Waals surface area contributed by atoms with Crippen molar-refractivity contribution < 1.29 is 13.3 Å². The Bertz CT molecular complexity index is 3970. The van der Waals surface area contributed by atoms with Crippen LogP contribution in [-0.2, 0) is 0 Å². The van der Waals surface area contributed by atoms with Gasteiger partial charge in [0, 0.05) is 55.1 Å². The van der Waals surface area contributed by atoms with Gasteiger partial charge >= 0.3 is 0 Å². The minimum Gasteiger partial charge on any atom is -0.456 e. The molecular weight excluding hydrogens is 893 g/mol. The molecule has 2 aliphatic carbocycles. The smallest absolute Gasteiger partial charge is 0.159 e. The topological polar surface area (TPSA) is 45.9 Å². The molecule has 2 saturated carbocycles. The predicted molar refractivity (Wildman–Crippen MR) is 304 cm³/mol. The molecule has 3 heterocycles. The van der Waals surface area contributed by atoms with E-state index >= 15 is 0 Å². The molecular formula is C68H54N2O3. The van der Waals surface area contributed by atoms with Gasteiger partial charge < -0.3 is 23.1 Å². The van der Waals surface area contributed by atoms with Crippen molar-refractivity contribution in [3.63, 3.8) is 0 Å². The van der Waals surface area contributed by atoms with Gasteiger partial charge in [-0.1, -0.05) is 148 Å². The molecule has 0 saturated heterocycles. The van der Waals surface area contributed by atoms with Gasteiger partial charge in [0.2, 0.25) is 0 Å². The second-order valence-electron chi connectivity index (χ2n) is 20.8. The minimum absolute atomic E-state index is 0.540. The van der Waals surface area contributed by atoms with Crippen LogP contribution in [0.2, 0.25) is 0 Å². The first-order chi connectivity index (χ1) is 36.2. The molecule has 73 heavy (non-hydrogen) atoms. The maximum absolute atomic E-state index is 7.06. The van der Waals surface area contributed by atoms with E-state index in [4.69, 9.17) is 13.3 Å². The Morgan fingerprint density at radius 3 is 1.14 bits per heavy atom. The molecule has 5 heteroatoms. The lowest BCUT2D eigenvalue weighted by Crippen LogP contribution is -2.10. The highest BCUT2D eigenvalue weighted by molar-refractivity contribution is 6.16. The number of hydrogen-bond acceptors (Lipinski definition) is 5. The summed E-state index contributed by atoms with van der Waals surface area (Å²) in [5, 5.41) is 11.4. The molecule has 15 rings (SSSR count). The standard InChI is InChI=1S/C68H54N2O3/c1-5-17-43(18-6-1)53-25-13-27-55-57-29-15-31-61(67(57)72-65(53)55)69(49-21-9-3-10-22-49)51-35-33-45-39-59-60-40-46-34-36-52(38-48(46)42-64(60)71-63(59)41-47(45)37-51)70(50-23-11-4-12-24-50)62-32-16-30-58-56-28-14-26-54(66(56)73-68(58)62)44-19-7-2-8-20-44/h3-4,9-16,21-44H,1-2,5-8,17-20H2. The van der Waals surface area contributed by atoms with Crippen LogP contribution < -0.4 is 9.80 Å². The highest BCUT2D eigenvalue weighted by Crippen LogP contribution is 2.48. The fourth-order valence-electron chi connectivity index (χ4n) is 13.0. The summed E-state index contributed by atoms with van der Waals surface area (Å²) >= 11 is 0. The molecule has 0 aliphatic heterocycles. The van der Waals surface area contributed by atoms with Gasteiger partial charge in [-0.2, -0.15) is 0 Å². The van der Waals surface area contributed by atoms with Crippen LogP contribution in [0.1, 0.15) is 87.2 Å². The highest BCUT2D eigenvalue weighted by Gasteiger charge is 2.26. The van der Waals surface area contributed by atoms with Gasteiger partial charge in [-0.25, -0.2) is 0 Å². The lowest BCUT2D eigenvalue weighted by Gasteiger charge is -2.26. The first kappa shape index (κ1) is 42.4. The molecule has 2 fully saturated rings. The average molecular weight is 947 g/mol. The predicted octanol–water partition coefficient (Wildman–Crippen LogP) is 20.7. The van der Waals surface area contributed by atoms with E-state index in [9.17, 15) is 0 Å². The van der Waals surface area contributed by atoms with Gasteiger partial charge in [0.05, 0.1) is 11.4 Å². The number of para-hydroxylation sites is 6. The Hall–Kier alpha value is -8.28. The molecule has 0 atom stereocenters. The molecule has 0 N–H and O–H groups in total. The van der Waals surface area contributed by atoms with Crippen LogP contribution in [0.25, 0.3) is 87.4 Å². The Balaban J connectivity index is 0.832. The molecule has 0 unspecified atom stereocenters. The van der Waals surface area contributed by atoms with Gasteiger partial charge in [0.1, 0.15) is 22.3 Å². The van der Waals surface area contributed by atoms with E-state index in [-0.39, 0.29) is 0 Å². The van der Waals surface area contributed by atoms with Gasteiger partial charge in [-0.15, -0.1) is 0 Å². The summed E-state index contributed by atoms with van der Waals surface area (Å²) in [6.07, 6.45) is 12.7. The van der Waals surface area contributed by atoms with Crippen molar-refractivity contribution in [3.05, 3.63) is 205 Å². The number of nitrogens with zero attached hydrogens (tertiary/aromatic N) is 2. The van der Waals surface area contributed by atoms with Crippen LogP contribution in [0.5, 0.6) is 0 Å². The normalized spacial score (nSPS) is 15.0. The van der Waals surface area contributed by atoms with Crippen molar-refractivity contribution in [3.8, 4) is 0 Å². The van der Waals surface area contributed by atoms with Crippen LogP contribution in [-0.4, -0.2) is 0 Å². The Morgan fingerprint density at radius 2 is 0.699 bits per heavy atom. The fourth-order valence-corrected chi connectivity index (χ4v) is 13.0. The monoisotopic (exact) mass is 946 g/mol. The number of anilines is 6. The van der Waals surface area contributed by atoms with E-state index < -0.39 is 0 Å². The van der Waals surface area contributed by atoms with Crippen LogP contribution in [0.3, 0.4) is 0 Å². The summed E-state index contributed by atoms with van der Waals surface area (Å²) in [7, 11) is 0. The Morgan fingerprint density at radius 1 is 0.288 bits per heavy atom. The van der Waals surface area contributed by atoms with E-state index in [0.29, 0.717) is 11.8 Å². The second-order valence-corrected chi connectivity index (χ2v) is 20.8. The second kappa shape index (κ2) is 17.2. The lowest BCUT2D eigenvalue weighted by molar-refractivity contribution is 0.442. The molecule has 0 amide bonds. The molecule has 354 valence electrons. The molecule has 0 radical (unpaired) electrons. The highest BCUT2D eigenvalue weighted by atomic mass is 16.3. The molecule has 3 aromatic heterocycles. The third-order valence-corrected chi connectivity index (χ3v) is 16.5. The van der Waals surface area contributed by atoms with Crippen LogP contribution in [0, 0.1) is 0 Å². The van der Waals surface area contributed by atoms with Crippen molar-refractivity contribution >= 4 is 121 Å². The van der Waals surface area contributed by atoms with Gasteiger partial charge in [0.25, 0.3) is 0 Å². The van der Waals surface area contributed by atoms with Crippen molar-refractivity contribution in [1.29, 1.82) is 0 Å². The summed E-state index contributed by atoms with van der Waals surface area (Å²) in [5.74, 6) is 1.08. The van der Waals surface area contributed by atoms with Crippen molar-refractivity contribution in [2.45, 2.75) is 76.0 Å². The summed E-state index contributed by atoms with van der Waals surface area (Å²) in [5.41, 5.74) is 14.6. The summed E-state index contributed by atoms with van der Waals surface area (Å²) in [6.45, 7) is 0. The molecule has 10 aromatic carbocycles. The third kappa shape index (κ3) is 7.04. The van der Waals surface area contributed by atoms with Gasteiger partial charge in [-0.05, 0) is 155 Å².